The minimum absolute atomic E-state index is 0. The molecule has 0 atom stereocenters. The predicted octanol–water partition coefficient (Wildman–Crippen LogP) is 4.43. The van der Waals surface area contributed by atoms with Crippen molar-refractivity contribution < 1.29 is 36.7 Å². The summed E-state index contributed by atoms with van der Waals surface area (Å²) in [4.78, 5) is 14.0. The average Bonchev–Trinajstić information content (AvgIpc) is 2.78. The molecule has 1 aromatic rings. The number of rotatable bonds is 5. The number of nitrogens with zero attached hydrogens (tertiary/aromatic N) is 5. The van der Waals surface area contributed by atoms with Crippen molar-refractivity contribution in [3.8, 4) is 0 Å². The molecule has 0 saturated heterocycles. The molecule has 32 heavy (non-hydrogen) atoms. The molecule has 0 radical (unpaired) electrons. The van der Waals surface area contributed by atoms with Crippen molar-refractivity contribution in [2.24, 2.45) is 26.5 Å². The maximum atomic E-state index is 10.2. The van der Waals surface area contributed by atoms with Gasteiger partial charge in [-0.15, -0.1) is 6.42 Å². The van der Waals surface area contributed by atoms with E-state index in [1.165, 1.54) is 34.6 Å². The molecule has 0 bridgehead atoms. The molecule has 1 aromatic heterocycles. The molecule has 0 aliphatic carbocycles. The second kappa shape index (κ2) is 26.0. The van der Waals surface area contributed by atoms with Crippen molar-refractivity contribution in [1.82, 2.24) is 4.98 Å². The number of oxime groups is 2. The monoisotopic (exact) mass is 497 g/mol. The SMILES string of the molecule is CC(=N\[O-])/C(C)=N/O.CC(=N\[O-])/C(C)=N/O.CC(=O)O[CH-]CC(C)C.[Co+3].c1ccncc1. The van der Waals surface area contributed by atoms with E-state index in [0.717, 1.165) is 6.42 Å². The summed E-state index contributed by atoms with van der Waals surface area (Å²) < 4.78 is 4.59. The number of esters is 1. The summed E-state index contributed by atoms with van der Waals surface area (Å²) in [6.07, 6.45) is 4.33. The Morgan fingerprint density at radius 3 is 1.47 bits per heavy atom. The van der Waals surface area contributed by atoms with Gasteiger partial charge in [-0.1, -0.05) is 36.1 Å². The van der Waals surface area contributed by atoms with Gasteiger partial charge in [0.2, 0.25) is 0 Å². The van der Waals surface area contributed by atoms with Gasteiger partial charge in [0.15, 0.2) is 0 Å². The van der Waals surface area contributed by atoms with Crippen LogP contribution in [-0.4, -0.2) is 44.2 Å². The summed E-state index contributed by atoms with van der Waals surface area (Å²) in [5, 5.41) is 45.8. The zero-order valence-electron chi connectivity index (χ0n) is 19.3. The molecule has 2 N–H and O–H groups in total. The maximum Gasteiger partial charge on any atom is 3.00 e. The van der Waals surface area contributed by atoms with Gasteiger partial charge >= 0.3 is 16.8 Å². The molecule has 0 saturated carbocycles. The smallest absolute Gasteiger partial charge is 0.792 e. The van der Waals surface area contributed by atoms with Gasteiger partial charge < -0.3 is 35.9 Å². The second-order valence-corrected chi connectivity index (χ2v) is 6.15. The summed E-state index contributed by atoms with van der Waals surface area (Å²) in [5.41, 5.74) is 0.903. The summed E-state index contributed by atoms with van der Waals surface area (Å²) >= 11 is 0. The summed E-state index contributed by atoms with van der Waals surface area (Å²) in [6, 6.07) is 5.72. The standard InChI is InChI=1S/C7H13O2.C5H5N.2C4H8N2O2.Co/c1-6(2)4-5-9-7(3)8;1-2-4-6-5-3-1;2*1-3(5-7)4(2)6-8;/h5-6H,4H2,1-3H3;1-5H;2*7-8H,1-2H3;/q-1;;;;+3/p-2/b;;2*5-3+,6-4+;. The first kappa shape index (κ1) is 36.4. The van der Waals surface area contributed by atoms with Gasteiger partial charge in [-0.05, 0) is 39.8 Å². The predicted molar refractivity (Wildman–Crippen MR) is 123 cm³/mol. The number of ether oxygens (including phenoxy) is 1. The van der Waals surface area contributed by atoms with Gasteiger partial charge in [0.1, 0.15) is 0 Å². The van der Waals surface area contributed by atoms with Crippen LogP contribution in [0.1, 0.15) is 54.9 Å². The van der Waals surface area contributed by atoms with Crippen LogP contribution in [0.2, 0.25) is 0 Å². The van der Waals surface area contributed by atoms with Crippen LogP contribution in [0, 0.1) is 22.9 Å². The van der Waals surface area contributed by atoms with Gasteiger partial charge in [-0.3, -0.25) is 9.78 Å². The molecule has 182 valence electrons. The third kappa shape index (κ3) is 29.2. The van der Waals surface area contributed by atoms with E-state index in [1.807, 2.05) is 18.2 Å². The number of carbonyl (C=O) groups excluding carboxylic acids is 1. The summed E-state index contributed by atoms with van der Waals surface area (Å²) in [7, 11) is 0. The number of carbonyl (C=O) groups is 1. The van der Waals surface area contributed by atoms with Crippen molar-refractivity contribution in [2.75, 3.05) is 0 Å². The first-order valence-corrected chi connectivity index (χ1v) is 9.12. The van der Waals surface area contributed by atoms with Gasteiger partial charge in [-0.25, -0.2) is 0 Å². The van der Waals surface area contributed by atoms with E-state index >= 15 is 0 Å². The quantitative estimate of drug-likeness (QED) is 0.199. The molecule has 0 spiro atoms. The molecule has 12 heteroatoms. The molecule has 1 heterocycles. The topological polar surface area (TPSA) is 175 Å². The van der Waals surface area contributed by atoms with E-state index in [0.29, 0.717) is 5.92 Å². The Balaban J connectivity index is -0.000000163. The van der Waals surface area contributed by atoms with Crippen LogP contribution in [0.25, 0.3) is 0 Å². The molecule has 0 amide bonds. The van der Waals surface area contributed by atoms with Crippen molar-refractivity contribution in [2.45, 2.75) is 54.9 Å². The van der Waals surface area contributed by atoms with E-state index in [4.69, 9.17) is 10.4 Å². The number of pyridine rings is 1. The van der Waals surface area contributed by atoms with Crippen LogP contribution in [-0.2, 0) is 26.3 Å². The van der Waals surface area contributed by atoms with Crippen molar-refractivity contribution >= 4 is 28.8 Å². The molecule has 0 fully saturated rings. The summed E-state index contributed by atoms with van der Waals surface area (Å²) in [5.74, 6) is 0.319. The Bertz CT molecular complexity index is 604. The van der Waals surface area contributed by atoms with E-state index in [-0.39, 0.29) is 45.6 Å². The molecular weight excluding hydrogens is 465 g/mol. The Hall–Kier alpha value is -2.99. The van der Waals surface area contributed by atoms with E-state index in [9.17, 15) is 15.2 Å². The zero-order chi connectivity index (χ0) is 24.7. The van der Waals surface area contributed by atoms with Crippen LogP contribution in [0.4, 0.5) is 0 Å². The van der Waals surface area contributed by atoms with Crippen molar-refractivity contribution in [1.29, 1.82) is 0 Å². The van der Waals surface area contributed by atoms with Crippen molar-refractivity contribution in [3.05, 3.63) is 47.6 Å². The maximum absolute atomic E-state index is 10.2. The second-order valence-electron chi connectivity index (χ2n) is 6.15. The molecular formula is C20H32CoN5O6. The Labute approximate surface area is 199 Å². The van der Waals surface area contributed by atoms with E-state index in [2.05, 4.69) is 44.2 Å². The van der Waals surface area contributed by atoms with Crippen LogP contribution >= 0.6 is 0 Å². The minimum Gasteiger partial charge on any atom is -0.792 e. The van der Waals surface area contributed by atoms with Gasteiger partial charge in [0, 0.05) is 19.3 Å². The first-order valence-electron chi connectivity index (χ1n) is 9.12. The number of aromatic nitrogens is 1. The molecule has 11 nitrogen and oxygen atoms in total. The summed E-state index contributed by atoms with van der Waals surface area (Å²) in [6.45, 7) is 13.0. The third-order valence-corrected chi connectivity index (χ3v) is 3.00. The fourth-order valence-corrected chi connectivity index (χ4v) is 0.947. The van der Waals surface area contributed by atoms with E-state index < -0.39 is 0 Å². The van der Waals surface area contributed by atoms with Crippen LogP contribution in [0.5, 0.6) is 0 Å². The van der Waals surface area contributed by atoms with Gasteiger partial charge in [-0.2, -0.15) is 6.61 Å². The van der Waals surface area contributed by atoms with Crippen LogP contribution in [0.15, 0.2) is 51.2 Å². The van der Waals surface area contributed by atoms with Gasteiger partial charge in [0.05, 0.1) is 22.8 Å². The average molecular weight is 497 g/mol. The third-order valence-electron chi connectivity index (χ3n) is 3.00. The van der Waals surface area contributed by atoms with E-state index in [1.54, 1.807) is 19.0 Å². The number of hydrogen-bond acceptors (Lipinski definition) is 11. The minimum atomic E-state index is -0.240. The molecule has 0 unspecified atom stereocenters. The van der Waals surface area contributed by atoms with Crippen LogP contribution < -0.4 is 0 Å². The fourth-order valence-electron chi connectivity index (χ4n) is 0.947. The normalized spacial score (nSPS) is 11.4. The van der Waals surface area contributed by atoms with Crippen LogP contribution in [0.3, 0.4) is 0 Å². The fraction of sp³-hybridized carbons (Fsp3) is 0.450. The molecule has 0 aliphatic rings. The molecule has 1 rings (SSSR count). The zero-order valence-corrected chi connectivity index (χ0v) is 20.4. The Morgan fingerprint density at radius 1 is 0.906 bits per heavy atom. The number of hydrogen-bond donors (Lipinski definition) is 2. The Kier molecular flexibility index (Phi) is 29.6. The largest absolute Gasteiger partial charge is 3.00 e. The molecule has 0 aromatic carbocycles. The first-order chi connectivity index (χ1) is 14.6. The van der Waals surface area contributed by atoms with Gasteiger partial charge in [0.25, 0.3) is 5.97 Å². The molecule has 0 aliphatic heterocycles. The Morgan fingerprint density at radius 2 is 1.31 bits per heavy atom. The van der Waals surface area contributed by atoms with Crippen molar-refractivity contribution in [3.63, 3.8) is 0 Å².